The second-order valence-electron chi connectivity index (χ2n) is 7.73. The fraction of sp³-hybridized carbons (Fsp3) is 0.160. The Morgan fingerprint density at radius 1 is 0.971 bits per heavy atom. The van der Waals surface area contributed by atoms with E-state index in [1.54, 1.807) is 23.9 Å². The van der Waals surface area contributed by atoms with Crippen LogP contribution in [0.3, 0.4) is 0 Å². The molecule has 174 valence electrons. The van der Waals surface area contributed by atoms with E-state index in [1.165, 1.54) is 0 Å². The summed E-state index contributed by atoms with van der Waals surface area (Å²) >= 11 is 17.4. The van der Waals surface area contributed by atoms with Crippen LogP contribution in [0.5, 0.6) is 0 Å². The van der Waals surface area contributed by atoms with Crippen molar-refractivity contribution in [1.82, 2.24) is 20.1 Å². The number of nitrogens with zero attached hydrogens (tertiary/aromatic N) is 3. The Hall–Kier alpha value is -2.32. The number of hydrogen-bond acceptors (Lipinski definition) is 4. The number of carbonyl (C=O) groups excluding carboxylic acids is 1. The maximum atomic E-state index is 12.8. The smallest absolute Gasteiger partial charge is 0.251 e. The summed E-state index contributed by atoms with van der Waals surface area (Å²) < 4.78 is 2.92. The normalized spacial score (nSPS) is 11.0. The Balaban J connectivity index is 1.59. The van der Waals surface area contributed by atoms with Gasteiger partial charge in [0.1, 0.15) is 0 Å². The first-order valence-electron chi connectivity index (χ1n) is 10.4. The lowest BCUT2D eigenvalue weighted by molar-refractivity contribution is 0.0949. The molecule has 0 spiro atoms. The number of rotatable bonds is 7. The molecule has 0 aliphatic carbocycles. The van der Waals surface area contributed by atoms with Crippen LogP contribution in [0.1, 0.15) is 32.9 Å². The van der Waals surface area contributed by atoms with Crippen LogP contribution in [0.4, 0.5) is 0 Å². The van der Waals surface area contributed by atoms with E-state index in [4.69, 9.17) is 23.2 Å². The van der Waals surface area contributed by atoms with Crippen LogP contribution in [0.2, 0.25) is 10.0 Å². The first-order valence-corrected chi connectivity index (χ1v) is 13.0. The maximum Gasteiger partial charge on any atom is 0.251 e. The van der Waals surface area contributed by atoms with E-state index >= 15 is 0 Å². The third-order valence-electron chi connectivity index (χ3n) is 5.32. The molecule has 3 aromatic carbocycles. The van der Waals surface area contributed by atoms with Crippen LogP contribution >= 0.6 is 50.9 Å². The molecular formula is C25H21BrCl2N4OS. The number of nitrogens with one attached hydrogen (secondary N) is 1. The minimum absolute atomic E-state index is 0.171. The molecule has 4 rings (SSSR count). The molecule has 0 bridgehead atoms. The van der Waals surface area contributed by atoms with Crippen LogP contribution in [0.25, 0.3) is 5.69 Å². The van der Waals surface area contributed by atoms with Gasteiger partial charge in [0.25, 0.3) is 5.91 Å². The van der Waals surface area contributed by atoms with E-state index in [1.807, 2.05) is 54.8 Å². The highest BCUT2D eigenvalue weighted by Gasteiger charge is 2.17. The lowest BCUT2D eigenvalue weighted by atomic mass is 10.1. The summed E-state index contributed by atoms with van der Waals surface area (Å²) in [5.74, 6) is 1.13. The molecule has 1 N–H and O–H groups in total. The van der Waals surface area contributed by atoms with Crippen molar-refractivity contribution in [2.45, 2.75) is 31.3 Å². The van der Waals surface area contributed by atoms with Crippen LogP contribution in [0, 0.1) is 13.8 Å². The van der Waals surface area contributed by atoms with Crippen molar-refractivity contribution in [3.8, 4) is 5.69 Å². The van der Waals surface area contributed by atoms with Gasteiger partial charge in [0.05, 0.1) is 22.3 Å². The van der Waals surface area contributed by atoms with Gasteiger partial charge in [-0.2, -0.15) is 0 Å². The summed E-state index contributed by atoms with van der Waals surface area (Å²) in [5.41, 5.74) is 4.74. The summed E-state index contributed by atoms with van der Waals surface area (Å²) in [6.45, 7) is 4.21. The highest BCUT2D eigenvalue weighted by Crippen LogP contribution is 2.29. The van der Waals surface area contributed by atoms with E-state index in [0.717, 1.165) is 26.9 Å². The zero-order chi connectivity index (χ0) is 24.2. The number of halogens is 3. The Labute approximate surface area is 221 Å². The molecule has 1 heterocycles. The van der Waals surface area contributed by atoms with E-state index in [-0.39, 0.29) is 12.5 Å². The highest BCUT2D eigenvalue weighted by molar-refractivity contribution is 9.10. The van der Waals surface area contributed by atoms with Crippen LogP contribution < -0.4 is 5.32 Å². The van der Waals surface area contributed by atoms with Gasteiger partial charge in [0.2, 0.25) is 0 Å². The van der Waals surface area contributed by atoms with Crippen molar-refractivity contribution in [2.75, 3.05) is 0 Å². The van der Waals surface area contributed by atoms with Gasteiger partial charge in [0, 0.05) is 15.8 Å². The fourth-order valence-corrected chi connectivity index (χ4v) is 4.75. The van der Waals surface area contributed by atoms with Crippen molar-refractivity contribution < 1.29 is 4.79 Å². The Morgan fingerprint density at radius 3 is 2.44 bits per heavy atom. The molecule has 5 nitrogen and oxygen atoms in total. The van der Waals surface area contributed by atoms with Crippen molar-refractivity contribution in [3.63, 3.8) is 0 Å². The predicted molar refractivity (Wildman–Crippen MR) is 142 cm³/mol. The molecule has 9 heteroatoms. The van der Waals surface area contributed by atoms with Crippen molar-refractivity contribution in [2.24, 2.45) is 0 Å². The zero-order valence-corrected chi connectivity index (χ0v) is 22.4. The van der Waals surface area contributed by atoms with Crippen molar-refractivity contribution in [3.05, 3.63) is 103 Å². The van der Waals surface area contributed by atoms with Gasteiger partial charge in [-0.15, -0.1) is 10.2 Å². The second kappa shape index (κ2) is 11.0. The van der Waals surface area contributed by atoms with Gasteiger partial charge in [-0.25, -0.2) is 0 Å². The number of aromatic nitrogens is 3. The first kappa shape index (κ1) is 24.8. The molecule has 1 amide bonds. The Bertz CT molecular complexity index is 1340. The van der Waals surface area contributed by atoms with Crippen molar-refractivity contribution in [1.29, 1.82) is 0 Å². The SMILES string of the molecule is Cc1ccc(C(=O)NCc2nnc(SCc3ccc(Br)cc3)n2-c2ccc(Cl)c(Cl)c2)cc1C. The zero-order valence-electron chi connectivity index (χ0n) is 18.5. The van der Waals surface area contributed by atoms with Crippen LogP contribution in [0.15, 0.2) is 70.3 Å². The first-order chi connectivity index (χ1) is 16.3. The molecule has 0 atom stereocenters. The number of thioether (sulfide) groups is 1. The van der Waals surface area contributed by atoms with Gasteiger partial charge in [-0.3, -0.25) is 9.36 Å². The number of hydrogen-bond donors (Lipinski definition) is 1. The number of aryl methyl sites for hydroxylation is 2. The maximum absolute atomic E-state index is 12.8. The fourth-order valence-electron chi connectivity index (χ4n) is 3.26. The summed E-state index contributed by atoms with van der Waals surface area (Å²) in [6.07, 6.45) is 0. The largest absolute Gasteiger partial charge is 0.345 e. The monoisotopic (exact) mass is 574 g/mol. The molecule has 0 saturated heterocycles. The van der Waals surface area contributed by atoms with E-state index in [2.05, 4.69) is 43.6 Å². The lowest BCUT2D eigenvalue weighted by Gasteiger charge is -2.12. The van der Waals surface area contributed by atoms with Gasteiger partial charge >= 0.3 is 0 Å². The van der Waals surface area contributed by atoms with E-state index in [0.29, 0.717) is 32.3 Å². The second-order valence-corrected chi connectivity index (χ2v) is 10.4. The van der Waals surface area contributed by atoms with Crippen LogP contribution in [-0.2, 0) is 12.3 Å². The standard InChI is InChI=1S/C25H21BrCl2N4OS/c1-15-3-6-18(11-16(15)2)24(33)29-13-23-30-31-25(34-14-17-4-7-19(26)8-5-17)32(23)20-9-10-21(27)22(28)12-20/h3-12H,13-14H2,1-2H3,(H,29,33). The van der Waals surface area contributed by atoms with Gasteiger partial charge in [0.15, 0.2) is 11.0 Å². The average molecular weight is 576 g/mol. The summed E-state index contributed by atoms with van der Waals surface area (Å²) in [4.78, 5) is 12.8. The van der Waals surface area contributed by atoms with Gasteiger partial charge in [-0.05, 0) is 73.0 Å². The van der Waals surface area contributed by atoms with E-state index in [9.17, 15) is 4.79 Å². The molecule has 34 heavy (non-hydrogen) atoms. The number of carbonyl (C=O) groups is 1. The summed E-state index contributed by atoms with van der Waals surface area (Å²) in [7, 11) is 0. The molecule has 0 aliphatic rings. The molecule has 0 saturated carbocycles. The Kier molecular flexibility index (Phi) is 7.99. The van der Waals surface area contributed by atoms with E-state index < -0.39 is 0 Å². The third kappa shape index (κ3) is 5.84. The highest BCUT2D eigenvalue weighted by atomic mass is 79.9. The topological polar surface area (TPSA) is 59.8 Å². The molecule has 1 aromatic heterocycles. The predicted octanol–water partition coefficient (Wildman–Crippen LogP) is 7.18. The Morgan fingerprint density at radius 2 is 1.74 bits per heavy atom. The molecule has 0 fully saturated rings. The molecule has 0 aliphatic heterocycles. The molecule has 4 aromatic rings. The average Bonchev–Trinajstić information content (AvgIpc) is 3.23. The molecule has 0 unspecified atom stereocenters. The van der Waals surface area contributed by atoms with Gasteiger partial charge in [-0.1, -0.05) is 69.1 Å². The number of benzene rings is 3. The quantitative estimate of drug-likeness (QED) is 0.237. The summed E-state index contributed by atoms with van der Waals surface area (Å²) in [6, 6.07) is 19.1. The molecular weight excluding hydrogens is 555 g/mol. The van der Waals surface area contributed by atoms with Crippen molar-refractivity contribution >= 4 is 56.8 Å². The van der Waals surface area contributed by atoms with Crippen LogP contribution in [-0.4, -0.2) is 20.7 Å². The number of amides is 1. The third-order valence-corrected chi connectivity index (χ3v) is 7.59. The minimum atomic E-state index is -0.171. The summed E-state index contributed by atoms with van der Waals surface area (Å²) in [5, 5.41) is 13.3. The van der Waals surface area contributed by atoms with Gasteiger partial charge < -0.3 is 5.32 Å². The molecule has 0 radical (unpaired) electrons. The lowest BCUT2D eigenvalue weighted by Crippen LogP contribution is -2.24. The minimum Gasteiger partial charge on any atom is -0.345 e.